The summed E-state index contributed by atoms with van der Waals surface area (Å²) < 4.78 is 12.6. The van der Waals surface area contributed by atoms with Gasteiger partial charge in [-0.1, -0.05) is 30.0 Å². The average Bonchev–Trinajstić information content (AvgIpc) is 3.53. The van der Waals surface area contributed by atoms with E-state index in [9.17, 15) is 19.2 Å². The number of nitrogens with one attached hydrogen (secondary N) is 1. The summed E-state index contributed by atoms with van der Waals surface area (Å²) in [5.74, 6) is -1.28. The molecule has 12 heteroatoms. The molecule has 0 radical (unpaired) electrons. The lowest BCUT2D eigenvalue weighted by Gasteiger charge is -2.15. The zero-order valence-corrected chi connectivity index (χ0v) is 20.7. The number of aromatic nitrogens is 4. The van der Waals surface area contributed by atoms with Crippen LogP contribution in [0, 0.1) is 0 Å². The molecule has 0 saturated heterocycles. The molecule has 1 unspecified atom stereocenters. The van der Waals surface area contributed by atoms with Crippen molar-refractivity contribution in [2.24, 2.45) is 0 Å². The molecular weight excluding hydrogens is 498 g/mol. The van der Waals surface area contributed by atoms with Crippen molar-refractivity contribution in [2.45, 2.75) is 17.6 Å². The monoisotopic (exact) mass is 519 g/mol. The first-order chi connectivity index (χ1) is 17.9. The fourth-order valence-corrected chi connectivity index (χ4v) is 5.27. The van der Waals surface area contributed by atoms with Crippen LogP contribution in [0.4, 0.5) is 5.69 Å². The molecule has 0 bridgehead atoms. The molecular formula is C25H21N5O6S. The number of hydrogen-bond acceptors (Lipinski definition) is 9. The largest absolute Gasteiger partial charge is 0.465 e. The van der Waals surface area contributed by atoms with Crippen molar-refractivity contribution in [3.05, 3.63) is 76.2 Å². The minimum atomic E-state index is -0.674. The quantitative estimate of drug-likeness (QED) is 0.301. The molecule has 188 valence electrons. The van der Waals surface area contributed by atoms with Gasteiger partial charge in [-0.15, -0.1) is 0 Å². The predicted octanol–water partition coefficient (Wildman–Crippen LogP) is 2.83. The number of esters is 2. The smallest absolute Gasteiger partial charge is 0.339 e. The number of para-hydroxylation sites is 1. The van der Waals surface area contributed by atoms with Gasteiger partial charge >= 0.3 is 11.9 Å². The van der Waals surface area contributed by atoms with E-state index < -0.39 is 23.9 Å². The van der Waals surface area contributed by atoms with Crippen molar-refractivity contribution in [1.82, 2.24) is 19.3 Å². The Bertz CT molecular complexity index is 1600. The molecule has 5 rings (SSSR count). The van der Waals surface area contributed by atoms with Crippen LogP contribution in [-0.2, 0) is 14.3 Å². The van der Waals surface area contributed by atoms with Crippen molar-refractivity contribution in [1.29, 1.82) is 0 Å². The zero-order chi connectivity index (χ0) is 26.1. The van der Waals surface area contributed by atoms with E-state index in [-0.39, 0.29) is 28.8 Å². The number of rotatable bonds is 6. The minimum absolute atomic E-state index is 0.0526. The van der Waals surface area contributed by atoms with Gasteiger partial charge in [0.2, 0.25) is 5.91 Å². The van der Waals surface area contributed by atoms with Crippen LogP contribution in [-0.4, -0.2) is 57.1 Å². The maximum atomic E-state index is 13.4. The average molecular weight is 520 g/mol. The molecule has 4 aromatic rings. The van der Waals surface area contributed by atoms with Gasteiger partial charge in [0.1, 0.15) is 5.39 Å². The number of ether oxygens (including phenoxy) is 2. The number of carbonyl (C=O) groups is 3. The van der Waals surface area contributed by atoms with E-state index in [2.05, 4.69) is 15.4 Å². The highest BCUT2D eigenvalue weighted by molar-refractivity contribution is 7.99. The van der Waals surface area contributed by atoms with E-state index in [0.717, 1.165) is 5.69 Å². The number of benzene rings is 2. The lowest BCUT2D eigenvalue weighted by atomic mass is 10.1. The van der Waals surface area contributed by atoms with Gasteiger partial charge in [-0.25, -0.2) is 19.3 Å². The van der Waals surface area contributed by atoms with Crippen LogP contribution in [0.25, 0.3) is 16.7 Å². The van der Waals surface area contributed by atoms with Crippen LogP contribution < -0.4 is 10.9 Å². The fraction of sp³-hybridized carbons (Fsp3) is 0.200. The molecule has 2 aromatic heterocycles. The number of carbonyl (C=O) groups excluding carboxylic acids is 3. The molecule has 1 amide bonds. The SMILES string of the molecule is COC(=O)c1ccc(C(=O)OC)c(NC(=O)CC2CSc3nc4c(cnn4-c4ccccc4)c(=O)n32)c1. The number of hydrogen-bond donors (Lipinski definition) is 1. The van der Waals surface area contributed by atoms with E-state index in [4.69, 9.17) is 9.47 Å². The number of anilines is 1. The predicted molar refractivity (Wildman–Crippen MR) is 135 cm³/mol. The molecule has 1 atom stereocenters. The maximum absolute atomic E-state index is 13.4. The second-order valence-electron chi connectivity index (χ2n) is 8.16. The molecule has 1 aliphatic rings. The van der Waals surface area contributed by atoms with Gasteiger partial charge in [0.15, 0.2) is 10.8 Å². The second-order valence-corrected chi connectivity index (χ2v) is 9.15. The highest BCUT2D eigenvalue weighted by Gasteiger charge is 2.30. The number of fused-ring (bicyclic) bond motifs is 2. The first-order valence-electron chi connectivity index (χ1n) is 11.2. The normalized spacial score (nSPS) is 14.3. The van der Waals surface area contributed by atoms with Gasteiger partial charge in [0.05, 0.1) is 49.0 Å². The lowest BCUT2D eigenvalue weighted by Crippen LogP contribution is -2.28. The summed E-state index contributed by atoms with van der Waals surface area (Å²) in [6, 6.07) is 13.1. The standard InChI is InChI=1S/C25H21N5O6S/c1-35-23(33)14-8-9-17(24(34)36-2)19(10-14)27-20(31)11-16-13-37-25-28-21-18(22(32)29(16)25)12-26-30(21)15-6-4-3-5-7-15/h3-10,12,16H,11,13H2,1-2H3,(H,27,31). The topological polar surface area (TPSA) is 134 Å². The Hall–Kier alpha value is -4.45. The summed E-state index contributed by atoms with van der Waals surface area (Å²) in [6.07, 6.45) is 1.43. The third-order valence-electron chi connectivity index (χ3n) is 5.91. The number of nitrogens with zero attached hydrogens (tertiary/aromatic N) is 4. The first kappa shape index (κ1) is 24.3. The molecule has 1 aliphatic heterocycles. The fourth-order valence-electron chi connectivity index (χ4n) is 4.13. The van der Waals surface area contributed by atoms with Gasteiger partial charge in [-0.3, -0.25) is 14.2 Å². The Morgan fingerprint density at radius 1 is 1.08 bits per heavy atom. The number of thioether (sulfide) groups is 1. The van der Waals surface area contributed by atoms with Crippen LogP contribution in [0.15, 0.2) is 64.7 Å². The molecule has 0 spiro atoms. The van der Waals surface area contributed by atoms with Gasteiger partial charge in [-0.2, -0.15) is 5.10 Å². The summed E-state index contributed by atoms with van der Waals surface area (Å²) in [7, 11) is 2.45. The summed E-state index contributed by atoms with van der Waals surface area (Å²) in [5, 5.41) is 7.86. The third kappa shape index (κ3) is 4.47. The van der Waals surface area contributed by atoms with Gasteiger partial charge in [0.25, 0.3) is 5.56 Å². The van der Waals surface area contributed by atoms with Crippen LogP contribution >= 0.6 is 11.8 Å². The van der Waals surface area contributed by atoms with Crippen molar-refractivity contribution >= 4 is 46.3 Å². The minimum Gasteiger partial charge on any atom is -0.465 e. The van der Waals surface area contributed by atoms with E-state index in [1.165, 1.54) is 54.9 Å². The van der Waals surface area contributed by atoms with Gasteiger partial charge < -0.3 is 14.8 Å². The Labute approximate surface area is 214 Å². The molecule has 37 heavy (non-hydrogen) atoms. The number of amides is 1. The van der Waals surface area contributed by atoms with E-state index in [1.807, 2.05) is 30.3 Å². The van der Waals surface area contributed by atoms with Crippen LogP contribution in [0.1, 0.15) is 33.2 Å². The Balaban J connectivity index is 1.42. The van der Waals surface area contributed by atoms with E-state index in [1.54, 1.807) is 4.68 Å². The Morgan fingerprint density at radius 2 is 1.84 bits per heavy atom. The Morgan fingerprint density at radius 3 is 2.57 bits per heavy atom. The highest BCUT2D eigenvalue weighted by Crippen LogP contribution is 2.34. The summed E-state index contributed by atoms with van der Waals surface area (Å²) in [6.45, 7) is 0. The number of methoxy groups -OCH3 is 2. The summed E-state index contributed by atoms with van der Waals surface area (Å²) >= 11 is 1.38. The van der Waals surface area contributed by atoms with Crippen molar-refractivity contribution in [3.8, 4) is 5.69 Å². The second kappa shape index (κ2) is 9.90. The van der Waals surface area contributed by atoms with Crippen molar-refractivity contribution in [2.75, 3.05) is 25.3 Å². The lowest BCUT2D eigenvalue weighted by molar-refractivity contribution is -0.116. The molecule has 0 saturated carbocycles. The molecule has 1 N–H and O–H groups in total. The summed E-state index contributed by atoms with van der Waals surface area (Å²) in [4.78, 5) is 55.2. The third-order valence-corrected chi connectivity index (χ3v) is 7.01. The van der Waals surface area contributed by atoms with Crippen LogP contribution in [0.3, 0.4) is 0 Å². The molecule has 2 aromatic carbocycles. The first-order valence-corrected chi connectivity index (χ1v) is 12.2. The van der Waals surface area contributed by atoms with E-state index >= 15 is 0 Å². The highest BCUT2D eigenvalue weighted by atomic mass is 32.2. The Kier molecular flexibility index (Phi) is 6.49. The maximum Gasteiger partial charge on any atom is 0.339 e. The molecule has 3 heterocycles. The van der Waals surface area contributed by atoms with Crippen molar-refractivity contribution in [3.63, 3.8) is 0 Å². The van der Waals surface area contributed by atoms with Crippen LogP contribution in [0.2, 0.25) is 0 Å². The van der Waals surface area contributed by atoms with E-state index in [0.29, 0.717) is 21.9 Å². The molecule has 0 aliphatic carbocycles. The van der Waals surface area contributed by atoms with Crippen molar-refractivity contribution < 1.29 is 23.9 Å². The van der Waals surface area contributed by atoms with Gasteiger partial charge in [-0.05, 0) is 30.3 Å². The molecule has 11 nitrogen and oxygen atoms in total. The zero-order valence-electron chi connectivity index (χ0n) is 19.8. The van der Waals surface area contributed by atoms with Gasteiger partial charge in [0, 0.05) is 12.2 Å². The van der Waals surface area contributed by atoms with Crippen LogP contribution in [0.5, 0.6) is 0 Å². The molecule has 0 fully saturated rings. The summed E-state index contributed by atoms with van der Waals surface area (Å²) in [5.41, 5.74) is 1.29.